The third kappa shape index (κ3) is 4.51. The summed E-state index contributed by atoms with van der Waals surface area (Å²) in [6.07, 6.45) is 3.22. The number of aromatic nitrogens is 1. The number of hydrogen-bond acceptors (Lipinski definition) is 5. The predicted molar refractivity (Wildman–Crippen MR) is 111 cm³/mol. The summed E-state index contributed by atoms with van der Waals surface area (Å²) in [6, 6.07) is 11.8. The van der Waals surface area contributed by atoms with E-state index in [1.807, 2.05) is 0 Å². The highest BCUT2D eigenvalue weighted by Crippen LogP contribution is 2.21. The molecule has 0 unspecified atom stereocenters. The van der Waals surface area contributed by atoms with E-state index in [2.05, 4.69) is 11.9 Å². The Bertz CT molecular complexity index is 1170. The van der Waals surface area contributed by atoms with Gasteiger partial charge in [-0.1, -0.05) is 24.7 Å². The van der Waals surface area contributed by atoms with E-state index in [9.17, 15) is 13.2 Å². The Morgan fingerprint density at radius 1 is 1.18 bits per heavy atom. The second kappa shape index (κ2) is 8.28. The molecule has 0 spiro atoms. The van der Waals surface area contributed by atoms with Crippen LogP contribution in [-0.4, -0.2) is 31.8 Å². The van der Waals surface area contributed by atoms with Crippen LogP contribution in [0.25, 0.3) is 10.2 Å². The van der Waals surface area contributed by atoms with Crippen molar-refractivity contribution in [3.8, 4) is 5.75 Å². The maximum Gasteiger partial charge on any atom is 0.279 e. The monoisotopic (exact) mass is 418 g/mol. The molecule has 2 aromatic carbocycles. The van der Waals surface area contributed by atoms with Gasteiger partial charge >= 0.3 is 0 Å². The van der Waals surface area contributed by atoms with Crippen molar-refractivity contribution in [3.63, 3.8) is 0 Å². The van der Waals surface area contributed by atoms with Crippen molar-refractivity contribution in [2.24, 2.45) is 12.0 Å². The number of benzene rings is 2. The van der Waals surface area contributed by atoms with Crippen molar-refractivity contribution in [1.29, 1.82) is 0 Å². The second-order valence-corrected chi connectivity index (χ2v) is 9.51. The lowest BCUT2D eigenvalue weighted by atomic mass is 10.2. The van der Waals surface area contributed by atoms with E-state index in [0.717, 1.165) is 28.8 Å². The number of carbonyl (C=O) groups is 1. The molecule has 0 fully saturated rings. The van der Waals surface area contributed by atoms with E-state index < -0.39 is 9.84 Å². The van der Waals surface area contributed by atoms with E-state index in [1.54, 1.807) is 54.1 Å². The summed E-state index contributed by atoms with van der Waals surface area (Å²) in [5.41, 5.74) is 1.29. The van der Waals surface area contributed by atoms with Crippen LogP contribution in [0.3, 0.4) is 0 Å². The van der Waals surface area contributed by atoms with E-state index in [1.165, 1.54) is 17.6 Å². The molecule has 148 valence electrons. The van der Waals surface area contributed by atoms with Gasteiger partial charge < -0.3 is 9.30 Å². The molecule has 1 amide bonds. The number of carbonyl (C=O) groups excluding carboxylic acids is 1. The first kappa shape index (κ1) is 20.3. The largest absolute Gasteiger partial charge is 0.494 e. The Hall–Kier alpha value is -2.45. The highest BCUT2D eigenvalue weighted by Gasteiger charge is 2.12. The van der Waals surface area contributed by atoms with Crippen molar-refractivity contribution in [2.45, 2.75) is 24.7 Å². The van der Waals surface area contributed by atoms with Gasteiger partial charge in [-0.2, -0.15) is 4.99 Å². The van der Waals surface area contributed by atoms with Gasteiger partial charge in [0.05, 0.1) is 21.7 Å². The van der Waals surface area contributed by atoms with E-state index in [-0.39, 0.29) is 10.8 Å². The van der Waals surface area contributed by atoms with Crippen molar-refractivity contribution in [1.82, 2.24) is 4.57 Å². The minimum Gasteiger partial charge on any atom is -0.494 e. The smallest absolute Gasteiger partial charge is 0.279 e. The Morgan fingerprint density at radius 3 is 2.54 bits per heavy atom. The molecule has 1 heterocycles. The molecule has 0 aliphatic carbocycles. The van der Waals surface area contributed by atoms with E-state index in [0.29, 0.717) is 17.0 Å². The van der Waals surface area contributed by atoms with Gasteiger partial charge in [0.2, 0.25) is 0 Å². The number of unbranched alkanes of at least 4 members (excludes halogenated alkanes) is 1. The maximum atomic E-state index is 12.5. The van der Waals surface area contributed by atoms with Crippen LogP contribution in [0.1, 0.15) is 30.1 Å². The lowest BCUT2D eigenvalue weighted by molar-refractivity contribution is 0.0998. The van der Waals surface area contributed by atoms with Crippen LogP contribution in [-0.2, 0) is 16.9 Å². The first-order valence-corrected chi connectivity index (χ1v) is 11.6. The Labute approximate surface area is 168 Å². The molecule has 0 N–H and O–H groups in total. The molecule has 0 saturated carbocycles. The fraction of sp³-hybridized carbons (Fsp3) is 0.300. The van der Waals surface area contributed by atoms with Gasteiger partial charge in [0.1, 0.15) is 5.75 Å². The van der Waals surface area contributed by atoms with Gasteiger partial charge in [0, 0.05) is 18.9 Å². The van der Waals surface area contributed by atoms with Crippen LogP contribution in [0.15, 0.2) is 52.4 Å². The molecule has 0 saturated heterocycles. The average molecular weight is 419 g/mol. The molecule has 1 aromatic heterocycles. The second-order valence-electron chi connectivity index (χ2n) is 6.49. The summed E-state index contributed by atoms with van der Waals surface area (Å²) in [6.45, 7) is 2.75. The standard InChI is InChI=1S/C20H22N2O4S2/c1-4-5-12-26-15-8-6-14(7-9-15)19(23)21-20-22(2)17-11-10-16(28(3,24)25)13-18(17)27-20/h6-11,13H,4-5,12H2,1-3H3. The van der Waals surface area contributed by atoms with Crippen molar-refractivity contribution >= 4 is 37.3 Å². The van der Waals surface area contributed by atoms with Crippen molar-refractivity contribution < 1.29 is 17.9 Å². The number of amides is 1. The fourth-order valence-electron chi connectivity index (χ4n) is 2.63. The lowest BCUT2D eigenvalue weighted by Gasteiger charge is -2.05. The van der Waals surface area contributed by atoms with Crippen molar-refractivity contribution in [2.75, 3.05) is 12.9 Å². The van der Waals surface area contributed by atoms with Gasteiger partial charge in [-0.25, -0.2) is 8.42 Å². The predicted octanol–water partition coefficient (Wildman–Crippen LogP) is 3.56. The molecule has 0 aliphatic heterocycles. The van der Waals surface area contributed by atoms with Gasteiger partial charge in [-0.3, -0.25) is 4.79 Å². The molecular weight excluding hydrogens is 396 g/mol. The SMILES string of the molecule is CCCCOc1ccc(C(=O)N=c2sc3cc(S(C)(=O)=O)ccc3n2C)cc1. The lowest BCUT2D eigenvalue weighted by Crippen LogP contribution is -2.13. The number of sulfone groups is 1. The molecular formula is C20H22N2O4S2. The number of rotatable bonds is 6. The summed E-state index contributed by atoms with van der Waals surface area (Å²) in [5, 5.41) is 0. The third-order valence-corrected chi connectivity index (χ3v) is 6.48. The molecule has 8 heteroatoms. The van der Waals surface area contributed by atoms with Crippen molar-refractivity contribution in [3.05, 3.63) is 52.8 Å². The molecule has 0 bridgehead atoms. The topological polar surface area (TPSA) is 77.7 Å². The Morgan fingerprint density at radius 2 is 1.89 bits per heavy atom. The van der Waals surface area contributed by atoms with Crippen LogP contribution in [0, 0.1) is 0 Å². The number of aryl methyl sites for hydroxylation is 1. The number of fused-ring (bicyclic) bond motifs is 1. The summed E-state index contributed by atoms with van der Waals surface area (Å²) in [5.74, 6) is 0.372. The van der Waals surface area contributed by atoms with E-state index >= 15 is 0 Å². The normalized spacial score (nSPS) is 12.5. The van der Waals surface area contributed by atoms with Crippen LogP contribution >= 0.6 is 11.3 Å². The quantitative estimate of drug-likeness (QED) is 0.574. The first-order chi connectivity index (χ1) is 13.3. The van der Waals surface area contributed by atoms with E-state index in [4.69, 9.17) is 4.74 Å². The zero-order valence-electron chi connectivity index (χ0n) is 16.0. The number of ether oxygens (including phenoxy) is 1. The Kier molecular flexibility index (Phi) is 6.00. The Balaban J connectivity index is 1.89. The summed E-state index contributed by atoms with van der Waals surface area (Å²) in [7, 11) is -1.49. The number of hydrogen-bond donors (Lipinski definition) is 0. The number of thiazole rings is 1. The highest BCUT2D eigenvalue weighted by molar-refractivity contribution is 7.90. The summed E-state index contributed by atoms with van der Waals surface area (Å²) < 4.78 is 31.7. The molecule has 3 aromatic rings. The molecule has 3 rings (SSSR count). The van der Waals surface area contributed by atoms with Gasteiger partial charge in [-0.05, 0) is 48.9 Å². The first-order valence-electron chi connectivity index (χ1n) is 8.91. The van der Waals surface area contributed by atoms with Gasteiger partial charge in [-0.15, -0.1) is 0 Å². The van der Waals surface area contributed by atoms with Gasteiger partial charge in [0.25, 0.3) is 5.91 Å². The highest BCUT2D eigenvalue weighted by atomic mass is 32.2. The molecule has 6 nitrogen and oxygen atoms in total. The summed E-state index contributed by atoms with van der Waals surface area (Å²) in [4.78, 5) is 17.5. The third-order valence-electron chi connectivity index (χ3n) is 4.27. The fourth-order valence-corrected chi connectivity index (χ4v) is 4.41. The minimum absolute atomic E-state index is 0.249. The zero-order valence-corrected chi connectivity index (χ0v) is 17.6. The minimum atomic E-state index is -3.29. The molecule has 0 radical (unpaired) electrons. The summed E-state index contributed by atoms with van der Waals surface area (Å²) >= 11 is 1.28. The average Bonchev–Trinajstić information content (AvgIpc) is 2.97. The van der Waals surface area contributed by atoms with Gasteiger partial charge in [0.15, 0.2) is 14.6 Å². The molecule has 28 heavy (non-hydrogen) atoms. The zero-order chi connectivity index (χ0) is 20.3. The number of nitrogens with zero attached hydrogens (tertiary/aromatic N) is 2. The molecule has 0 atom stereocenters. The van der Waals surface area contributed by atoms with Crippen LogP contribution in [0.5, 0.6) is 5.75 Å². The van der Waals surface area contributed by atoms with Crippen LogP contribution < -0.4 is 9.54 Å². The van der Waals surface area contributed by atoms with Crippen LogP contribution in [0.4, 0.5) is 0 Å². The maximum absolute atomic E-state index is 12.5. The molecule has 0 aliphatic rings. The van der Waals surface area contributed by atoms with Crippen LogP contribution in [0.2, 0.25) is 0 Å².